The SMILES string of the molecule is CCN(CC)C(CNC(=O)C1(CN)CCCC1)c1ccccc1.Cl.Cl. The first-order valence-corrected chi connectivity index (χ1v) is 8.94. The summed E-state index contributed by atoms with van der Waals surface area (Å²) in [6.07, 6.45) is 4.08. The second-order valence-electron chi connectivity index (χ2n) is 6.55. The third kappa shape index (κ3) is 5.85. The topological polar surface area (TPSA) is 58.4 Å². The Bertz CT molecular complexity index is 489. The summed E-state index contributed by atoms with van der Waals surface area (Å²) >= 11 is 0. The summed E-state index contributed by atoms with van der Waals surface area (Å²) in [5.41, 5.74) is 6.85. The molecule has 0 saturated heterocycles. The Balaban J connectivity index is 0.00000288. The zero-order chi connectivity index (χ0) is 16.7. The van der Waals surface area contributed by atoms with E-state index in [-0.39, 0.29) is 42.2 Å². The van der Waals surface area contributed by atoms with Crippen molar-refractivity contribution in [1.82, 2.24) is 10.2 Å². The lowest BCUT2D eigenvalue weighted by molar-refractivity contribution is -0.130. The van der Waals surface area contributed by atoms with E-state index in [1.807, 2.05) is 6.07 Å². The fourth-order valence-electron chi connectivity index (χ4n) is 3.75. The van der Waals surface area contributed by atoms with Crippen molar-refractivity contribution in [2.24, 2.45) is 11.1 Å². The molecule has 2 rings (SSSR count). The van der Waals surface area contributed by atoms with Crippen LogP contribution >= 0.6 is 24.8 Å². The molecule has 3 N–H and O–H groups in total. The van der Waals surface area contributed by atoms with E-state index < -0.39 is 0 Å². The Hall–Kier alpha value is -0.810. The van der Waals surface area contributed by atoms with Crippen LogP contribution in [-0.2, 0) is 4.79 Å². The highest BCUT2D eigenvalue weighted by molar-refractivity contribution is 5.85. The second kappa shape index (κ2) is 11.7. The smallest absolute Gasteiger partial charge is 0.227 e. The summed E-state index contributed by atoms with van der Waals surface area (Å²) in [5.74, 6) is 0.144. The summed E-state index contributed by atoms with van der Waals surface area (Å²) in [6.45, 7) is 7.37. The summed E-state index contributed by atoms with van der Waals surface area (Å²) < 4.78 is 0. The normalized spacial score (nSPS) is 16.6. The summed E-state index contributed by atoms with van der Waals surface area (Å²) in [4.78, 5) is 15.1. The number of halogens is 2. The maximum Gasteiger partial charge on any atom is 0.227 e. The van der Waals surface area contributed by atoms with Gasteiger partial charge < -0.3 is 11.1 Å². The minimum absolute atomic E-state index is 0. The largest absolute Gasteiger partial charge is 0.354 e. The Morgan fingerprint density at radius 2 is 1.72 bits per heavy atom. The molecule has 25 heavy (non-hydrogen) atoms. The van der Waals surface area contributed by atoms with Crippen molar-refractivity contribution in [2.75, 3.05) is 26.2 Å². The van der Waals surface area contributed by atoms with Gasteiger partial charge in [-0.05, 0) is 31.5 Å². The molecule has 1 atom stereocenters. The predicted octanol–water partition coefficient (Wildman–Crippen LogP) is 3.55. The molecule has 0 bridgehead atoms. The number of hydrogen-bond acceptors (Lipinski definition) is 3. The molecule has 144 valence electrons. The van der Waals surface area contributed by atoms with E-state index >= 15 is 0 Å². The van der Waals surface area contributed by atoms with Crippen molar-refractivity contribution in [3.63, 3.8) is 0 Å². The Kier molecular flexibility index (Phi) is 11.4. The van der Waals surface area contributed by atoms with Gasteiger partial charge in [-0.25, -0.2) is 0 Å². The molecule has 1 aliphatic rings. The molecule has 0 heterocycles. The molecule has 1 aliphatic carbocycles. The van der Waals surface area contributed by atoms with Crippen LogP contribution in [0.5, 0.6) is 0 Å². The number of hydrogen-bond donors (Lipinski definition) is 2. The molecule has 0 aromatic heterocycles. The highest BCUT2D eigenvalue weighted by Gasteiger charge is 2.39. The van der Waals surface area contributed by atoms with Gasteiger partial charge in [0.15, 0.2) is 0 Å². The van der Waals surface area contributed by atoms with Gasteiger partial charge in [0.2, 0.25) is 5.91 Å². The number of carbonyl (C=O) groups excluding carboxylic acids is 1. The van der Waals surface area contributed by atoms with Crippen LogP contribution in [-0.4, -0.2) is 37.0 Å². The van der Waals surface area contributed by atoms with Crippen LogP contribution in [0.2, 0.25) is 0 Å². The van der Waals surface area contributed by atoms with E-state index in [9.17, 15) is 4.79 Å². The Morgan fingerprint density at radius 1 is 1.16 bits per heavy atom. The van der Waals surface area contributed by atoms with Crippen LogP contribution in [0, 0.1) is 5.41 Å². The average Bonchev–Trinajstić information content (AvgIpc) is 3.09. The molecule has 1 aromatic rings. The van der Waals surface area contributed by atoms with Crippen LogP contribution in [0.15, 0.2) is 30.3 Å². The van der Waals surface area contributed by atoms with Crippen LogP contribution in [0.4, 0.5) is 0 Å². The number of carbonyl (C=O) groups is 1. The molecule has 0 spiro atoms. The zero-order valence-corrected chi connectivity index (χ0v) is 17.0. The van der Waals surface area contributed by atoms with Crippen LogP contribution < -0.4 is 11.1 Å². The number of nitrogens with two attached hydrogens (primary N) is 1. The third-order valence-corrected chi connectivity index (χ3v) is 5.33. The first-order valence-electron chi connectivity index (χ1n) is 8.94. The van der Waals surface area contributed by atoms with Gasteiger partial charge in [0.25, 0.3) is 0 Å². The lowest BCUT2D eigenvalue weighted by Gasteiger charge is -2.32. The summed E-state index contributed by atoms with van der Waals surface area (Å²) in [7, 11) is 0. The first kappa shape index (κ1) is 24.2. The lowest BCUT2D eigenvalue weighted by atomic mass is 9.85. The third-order valence-electron chi connectivity index (χ3n) is 5.33. The van der Waals surface area contributed by atoms with Crippen LogP contribution in [0.1, 0.15) is 51.1 Å². The summed E-state index contributed by atoms with van der Waals surface area (Å²) in [6, 6.07) is 10.7. The predicted molar refractivity (Wildman–Crippen MR) is 110 cm³/mol. The number of amides is 1. The number of rotatable bonds is 8. The van der Waals surface area contributed by atoms with E-state index in [1.165, 1.54) is 5.56 Å². The van der Waals surface area contributed by atoms with Gasteiger partial charge in [0.1, 0.15) is 0 Å². The van der Waals surface area contributed by atoms with Crippen LogP contribution in [0.25, 0.3) is 0 Å². The summed E-state index contributed by atoms with van der Waals surface area (Å²) in [5, 5.41) is 3.20. The first-order chi connectivity index (χ1) is 11.2. The quantitative estimate of drug-likeness (QED) is 0.714. The van der Waals surface area contributed by atoms with Crippen molar-refractivity contribution in [3.05, 3.63) is 35.9 Å². The molecule has 0 radical (unpaired) electrons. The molecule has 1 aromatic carbocycles. The number of nitrogens with zero attached hydrogens (tertiary/aromatic N) is 1. The minimum Gasteiger partial charge on any atom is -0.354 e. The fourth-order valence-corrected chi connectivity index (χ4v) is 3.75. The van der Waals surface area contributed by atoms with Gasteiger partial charge in [0, 0.05) is 13.1 Å². The van der Waals surface area contributed by atoms with Gasteiger partial charge in [0.05, 0.1) is 11.5 Å². The van der Waals surface area contributed by atoms with Gasteiger partial charge in [-0.1, -0.05) is 57.0 Å². The van der Waals surface area contributed by atoms with Crippen molar-refractivity contribution in [1.29, 1.82) is 0 Å². The molecule has 1 amide bonds. The van der Waals surface area contributed by atoms with Crippen LogP contribution in [0.3, 0.4) is 0 Å². The Labute approximate surface area is 164 Å². The molecular formula is C19H33Cl2N3O. The van der Waals surface area contributed by atoms with Gasteiger partial charge >= 0.3 is 0 Å². The monoisotopic (exact) mass is 389 g/mol. The number of likely N-dealkylation sites (N-methyl/N-ethyl adjacent to an activating group) is 1. The van der Waals surface area contributed by atoms with E-state index in [1.54, 1.807) is 0 Å². The van der Waals surface area contributed by atoms with Gasteiger partial charge in [-0.2, -0.15) is 0 Å². The Morgan fingerprint density at radius 3 is 2.20 bits per heavy atom. The minimum atomic E-state index is -0.329. The molecule has 4 nitrogen and oxygen atoms in total. The maximum absolute atomic E-state index is 12.7. The second-order valence-corrected chi connectivity index (χ2v) is 6.55. The molecule has 0 aliphatic heterocycles. The molecule has 1 saturated carbocycles. The van der Waals surface area contributed by atoms with Crippen molar-refractivity contribution in [2.45, 2.75) is 45.6 Å². The van der Waals surface area contributed by atoms with Gasteiger partial charge in [-0.15, -0.1) is 24.8 Å². The molecule has 6 heteroatoms. The van der Waals surface area contributed by atoms with E-state index in [4.69, 9.17) is 5.73 Å². The van der Waals surface area contributed by atoms with E-state index in [0.29, 0.717) is 13.1 Å². The maximum atomic E-state index is 12.7. The highest BCUT2D eigenvalue weighted by atomic mass is 35.5. The number of nitrogens with one attached hydrogen (secondary N) is 1. The van der Waals surface area contributed by atoms with Crippen molar-refractivity contribution in [3.8, 4) is 0 Å². The van der Waals surface area contributed by atoms with E-state index in [2.05, 4.69) is 48.3 Å². The van der Waals surface area contributed by atoms with Gasteiger partial charge in [-0.3, -0.25) is 9.69 Å². The fraction of sp³-hybridized carbons (Fsp3) is 0.632. The molecular weight excluding hydrogens is 357 g/mol. The van der Waals surface area contributed by atoms with E-state index in [0.717, 1.165) is 38.8 Å². The van der Waals surface area contributed by atoms with Crippen molar-refractivity contribution < 1.29 is 4.79 Å². The zero-order valence-electron chi connectivity index (χ0n) is 15.4. The molecule has 1 fully saturated rings. The standard InChI is InChI=1S/C19H31N3O.2ClH/c1-3-22(4-2)17(16-10-6-5-7-11-16)14-21-18(23)19(15-20)12-8-9-13-19;;/h5-7,10-11,17H,3-4,8-9,12-15,20H2,1-2H3,(H,21,23);2*1H. The highest BCUT2D eigenvalue weighted by Crippen LogP contribution is 2.37. The number of benzene rings is 1. The lowest BCUT2D eigenvalue weighted by Crippen LogP contribution is -2.47. The van der Waals surface area contributed by atoms with Crippen molar-refractivity contribution >= 4 is 30.7 Å². The average molecular weight is 390 g/mol. The molecule has 1 unspecified atom stereocenters.